The number of hydrogen-bond donors (Lipinski definition) is 3. The molecule has 0 aromatic heterocycles. The summed E-state index contributed by atoms with van der Waals surface area (Å²) >= 11 is 0. The number of nitrogens with one attached hydrogen (secondary N) is 3. The number of carbonyl (C=O) groups excluding carboxylic acids is 4. The van der Waals surface area contributed by atoms with Gasteiger partial charge in [-0.2, -0.15) is 0 Å². The molecule has 0 bridgehead atoms. The van der Waals surface area contributed by atoms with Crippen LogP contribution < -0.4 is 16.0 Å². The first-order valence-corrected chi connectivity index (χ1v) is 9.74. The van der Waals surface area contributed by atoms with Gasteiger partial charge in [-0.25, -0.2) is 9.59 Å². The molecular formula is C19H31N3O6. The molecule has 2 rings (SSSR count). The van der Waals surface area contributed by atoms with Gasteiger partial charge in [0.1, 0.15) is 17.7 Å². The first-order chi connectivity index (χ1) is 13.1. The Morgan fingerprint density at radius 2 is 1.79 bits per heavy atom. The fraction of sp³-hybridized carbons (Fsp3) is 0.789. The molecule has 1 saturated carbocycles. The number of hydrogen-bond acceptors (Lipinski definition) is 6. The Bertz CT molecular complexity index is 611. The first kappa shape index (κ1) is 22.0. The van der Waals surface area contributed by atoms with Crippen LogP contribution in [0.15, 0.2) is 0 Å². The van der Waals surface area contributed by atoms with Gasteiger partial charge in [0.2, 0.25) is 11.8 Å². The molecule has 2 fully saturated rings. The SMILES string of the molecule is COC(=O)C(CC1CCNC1=O)NC(=O)C(CC1CC1)NC(=O)OC(C)(C)C. The van der Waals surface area contributed by atoms with E-state index in [0.717, 1.165) is 12.8 Å². The van der Waals surface area contributed by atoms with Gasteiger partial charge in [-0.3, -0.25) is 9.59 Å². The van der Waals surface area contributed by atoms with Gasteiger partial charge in [-0.15, -0.1) is 0 Å². The van der Waals surface area contributed by atoms with Gasteiger partial charge in [-0.05, 0) is 46.0 Å². The van der Waals surface area contributed by atoms with Gasteiger partial charge in [-0.1, -0.05) is 12.8 Å². The van der Waals surface area contributed by atoms with E-state index < -0.39 is 35.7 Å². The Kier molecular flexibility index (Phi) is 7.26. The van der Waals surface area contributed by atoms with Crippen molar-refractivity contribution in [3.05, 3.63) is 0 Å². The van der Waals surface area contributed by atoms with E-state index in [2.05, 4.69) is 16.0 Å². The molecule has 9 heteroatoms. The van der Waals surface area contributed by atoms with Gasteiger partial charge in [0.15, 0.2) is 0 Å². The Morgan fingerprint density at radius 1 is 1.11 bits per heavy atom. The molecule has 1 aliphatic carbocycles. The van der Waals surface area contributed by atoms with Crippen molar-refractivity contribution in [2.24, 2.45) is 11.8 Å². The highest BCUT2D eigenvalue weighted by molar-refractivity contribution is 5.90. The minimum absolute atomic E-state index is 0.135. The van der Waals surface area contributed by atoms with Crippen molar-refractivity contribution in [2.45, 2.75) is 70.6 Å². The minimum atomic E-state index is -0.950. The number of rotatable bonds is 8. The third-order valence-electron chi connectivity index (χ3n) is 4.76. The Hall–Kier alpha value is -2.32. The van der Waals surface area contributed by atoms with E-state index in [0.29, 0.717) is 25.3 Å². The maximum Gasteiger partial charge on any atom is 0.408 e. The van der Waals surface area contributed by atoms with Gasteiger partial charge < -0.3 is 25.4 Å². The minimum Gasteiger partial charge on any atom is -0.467 e. The molecular weight excluding hydrogens is 366 g/mol. The standard InChI is InChI=1S/C19H31N3O6/c1-19(2,3)28-18(26)22-13(9-11-5-6-11)16(24)21-14(17(25)27-4)10-12-7-8-20-15(12)23/h11-14H,5-10H2,1-4H3,(H,20,23)(H,21,24)(H,22,26). The molecule has 3 atom stereocenters. The summed E-state index contributed by atoms with van der Waals surface area (Å²) in [5.41, 5.74) is -0.685. The highest BCUT2D eigenvalue weighted by atomic mass is 16.6. The summed E-state index contributed by atoms with van der Waals surface area (Å²) < 4.78 is 10.0. The van der Waals surface area contributed by atoms with E-state index in [4.69, 9.17) is 9.47 Å². The smallest absolute Gasteiger partial charge is 0.408 e. The van der Waals surface area contributed by atoms with Crippen LogP contribution in [-0.2, 0) is 23.9 Å². The second-order valence-corrected chi connectivity index (χ2v) is 8.47. The predicted molar refractivity (Wildman–Crippen MR) is 100 cm³/mol. The average molecular weight is 397 g/mol. The van der Waals surface area contributed by atoms with E-state index in [1.807, 2.05) is 0 Å². The van der Waals surface area contributed by atoms with E-state index in [-0.39, 0.29) is 18.2 Å². The highest BCUT2D eigenvalue weighted by Gasteiger charge is 2.36. The monoisotopic (exact) mass is 397 g/mol. The zero-order chi connectivity index (χ0) is 20.9. The van der Waals surface area contributed by atoms with Crippen LogP contribution in [0.1, 0.15) is 52.9 Å². The fourth-order valence-electron chi connectivity index (χ4n) is 3.15. The second-order valence-electron chi connectivity index (χ2n) is 8.47. The van der Waals surface area contributed by atoms with Gasteiger partial charge >= 0.3 is 12.1 Å². The summed E-state index contributed by atoms with van der Waals surface area (Å²) in [6, 6.07) is -1.76. The first-order valence-electron chi connectivity index (χ1n) is 9.74. The van der Waals surface area contributed by atoms with E-state index in [1.54, 1.807) is 20.8 Å². The van der Waals surface area contributed by atoms with E-state index in [9.17, 15) is 19.2 Å². The van der Waals surface area contributed by atoms with Crippen molar-refractivity contribution in [3.63, 3.8) is 0 Å². The van der Waals surface area contributed by atoms with E-state index >= 15 is 0 Å². The molecule has 0 spiro atoms. The highest BCUT2D eigenvalue weighted by Crippen LogP contribution is 2.33. The number of amides is 3. The van der Waals surface area contributed by atoms with Crippen molar-refractivity contribution < 1.29 is 28.7 Å². The molecule has 0 radical (unpaired) electrons. The lowest BCUT2D eigenvalue weighted by Crippen LogP contribution is -2.53. The molecule has 0 aromatic carbocycles. The zero-order valence-corrected chi connectivity index (χ0v) is 17.0. The Labute approximate surface area is 165 Å². The molecule has 3 N–H and O–H groups in total. The number of esters is 1. The topological polar surface area (TPSA) is 123 Å². The van der Waals surface area contributed by atoms with Crippen LogP contribution in [0.3, 0.4) is 0 Å². The largest absolute Gasteiger partial charge is 0.467 e. The maximum absolute atomic E-state index is 12.8. The van der Waals surface area contributed by atoms with Crippen molar-refractivity contribution in [2.75, 3.05) is 13.7 Å². The summed E-state index contributed by atoms with van der Waals surface area (Å²) in [5.74, 6) is -1.22. The molecule has 28 heavy (non-hydrogen) atoms. The zero-order valence-electron chi connectivity index (χ0n) is 17.0. The third kappa shape index (κ3) is 7.01. The molecule has 3 amide bonds. The lowest BCUT2D eigenvalue weighted by Gasteiger charge is -2.25. The quantitative estimate of drug-likeness (QED) is 0.522. The molecule has 0 aromatic rings. The molecule has 2 aliphatic rings. The maximum atomic E-state index is 12.8. The molecule has 3 unspecified atom stereocenters. The van der Waals surface area contributed by atoms with Crippen LogP contribution in [0.4, 0.5) is 4.79 Å². The van der Waals surface area contributed by atoms with Crippen molar-refractivity contribution >= 4 is 23.9 Å². The lowest BCUT2D eigenvalue weighted by atomic mass is 9.98. The molecule has 1 heterocycles. The van der Waals surface area contributed by atoms with Gasteiger partial charge in [0.05, 0.1) is 7.11 Å². The normalized spacial score (nSPS) is 21.3. The number of alkyl carbamates (subject to hydrolysis) is 1. The van der Waals surface area contributed by atoms with Crippen molar-refractivity contribution in [1.82, 2.24) is 16.0 Å². The van der Waals surface area contributed by atoms with Crippen LogP contribution in [0.2, 0.25) is 0 Å². The number of methoxy groups -OCH3 is 1. The summed E-state index contributed by atoms with van der Waals surface area (Å²) in [6.07, 6.45) is 2.56. The lowest BCUT2D eigenvalue weighted by molar-refractivity contribution is -0.146. The van der Waals surface area contributed by atoms with Gasteiger partial charge in [0.25, 0.3) is 0 Å². The average Bonchev–Trinajstić information content (AvgIpc) is 3.32. The molecule has 1 saturated heterocycles. The number of carbonyl (C=O) groups is 4. The molecule has 1 aliphatic heterocycles. The fourth-order valence-corrected chi connectivity index (χ4v) is 3.15. The summed E-state index contributed by atoms with van der Waals surface area (Å²) in [4.78, 5) is 48.9. The van der Waals surface area contributed by atoms with Crippen LogP contribution in [0, 0.1) is 11.8 Å². The Morgan fingerprint density at radius 3 is 2.29 bits per heavy atom. The summed E-state index contributed by atoms with van der Waals surface area (Å²) in [7, 11) is 1.23. The van der Waals surface area contributed by atoms with Crippen molar-refractivity contribution in [1.29, 1.82) is 0 Å². The van der Waals surface area contributed by atoms with Crippen LogP contribution >= 0.6 is 0 Å². The Balaban J connectivity index is 2.01. The number of ether oxygens (including phenoxy) is 2. The summed E-state index contributed by atoms with van der Waals surface area (Å²) in [6.45, 7) is 5.77. The van der Waals surface area contributed by atoms with Crippen LogP contribution in [-0.4, -0.2) is 55.2 Å². The van der Waals surface area contributed by atoms with Crippen LogP contribution in [0.5, 0.6) is 0 Å². The molecule has 9 nitrogen and oxygen atoms in total. The second kappa shape index (κ2) is 9.25. The third-order valence-corrected chi connectivity index (χ3v) is 4.76. The summed E-state index contributed by atoms with van der Waals surface area (Å²) in [5, 5.41) is 7.97. The molecule has 158 valence electrons. The predicted octanol–water partition coefficient (Wildman–Crippen LogP) is 0.864. The van der Waals surface area contributed by atoms with Crippen molar-refractivity contribution in [3.8, 4) is 0 Å². The van der Waals surface area contributed by atoms with Gasteiger partial charge in [0, 0.05) is 12.5 Å². The van der Waals surface area contributed by atoms with E-state index in [1.165, 1.54) is 7.11 Å². The van der Waals surface area contributed by atoms with Crippen LogP contribution in [0.25, 0.3) is 0 Å².